The molecule has 1 N–H and O–H groups in total. The summed E-state index contributed by atoms with van der Waals surface area (Å²) >= 11 is 3.31. The molecule has 3 rings (SSSR count). The number of ketones is 1. The van der Waals surface area contributed by atoms with Crippen LogP contribution in [0, 0.1) is 5.92 Å². The second-order valence-corrected chi connectivity index (χ2v) is 6.54. The number of carbonyl (C=O) groups excluding carboxylic acids is 1. The monoisotopic (exact) mass is 339 g/mol. The molecule has 1 heterocycles. The number of methoxy groups -OCH3 is 1. The van der Waals surface area contributed by atoms with E-state index in [-0.39, 0.29) is 11.5 Å². The lowest BCUT2D eigenvalue weighted by atomic mass is 9.71. The van der Waals surface area contributed by atoms with Crippen LogP contribution in [0.4, 0.5) is 0 Å². The number of phenolic OH excluding ortho intramolecular Hbond substituents is 1. The molecule has 0 saturated carbocycles. The highest BCUT2D eigenvalue weighted by Crippen LogP contribution is 2.48. The van der Waals surface area contributed by atoms with Crippen molar-refractivity contribution in [3.8, 4) is 11.5 Å². The quantitative estimate of drug-likeness (QED) is 0.854. The van der Waals surface area contributed by atoms with Crippen LogP contribution in [0.3, 0.4) is 0 Å². The molecule has 2 aliphatic rings. The van der Waals surface area contributed by atoms with Gasteiger partial charge in [-0.25, -0.2) is 0 Å². The van der Waals surface area contributed by atoms with Crippen molar-refractivity contribution in [2.45, 2.75) is 18.8 Å². The molecule has 2 unspecified atom stereocenters. The van der Waals surface area contributed by atoms with Crippen molar-refractivity contribution < 1.29 is 14.6 Å². The lowest BCUT2D eigenvalue weighted by molar-refractivity contribution is 0.0883. The molecule has 1 fully saturated rings. The zero-order valence-electron chi connectivity index (χ0n) is 11.6. The number of nitrogens with zero attached hydrogens (tertiary/aromatic N) is 1. The predicted molar refractivity (Wildman–Crippen MR) is 79.7 cm³/mol. The zero-order chi connectivity index (χ0) is 14.4. The number of likely N-dealkylation sites (N-methyl/N-ethyl adjacent to an activating group) is 1. The van der Waals surface area contributed by atoms with Crippen molar-refractivity contribution in [1.29, 1.82) is 0 Å². The van der Waals surface area contributed by atoms with E-state index in [1.54, 1.807) is 7.11 Å². The number of piperidine rings is 1. The summed E-state index contributed by atoms with van der Waals surface area (Å²) in [6, 6.07) is 1.91. The van der Waals surface area contributed by atoms with Crippen LogP contribution in [0.2, 0.25) is 0 Å². The van der Waals surface area contributed by atoms with Crippen LogP contribution < -0.4 is 4.74 Å². The zero-order valence-corrected chi connectivity index (χ0v) is 13.2. The summed E-state index contributed by atoms with van der Waals surface area (Å²) in [4.78, 5) is 14.6. The van der Waals surface area contributed by atoms with Crippen molar-refractivity contribution >= 4 is 21.7 Å². The minimum absolute atomic E-state index is 0.0241. The number of Topliss-reactive ketones (excluding diaryl/α,β-unsaturated/α-hetero) is 1. The molecule has 1 aromatic rings. The maximum atomic E-state index is 12.4. The summed E-state index contributed by atoms with van der Waals surface area (Å²) in [5.41, 5.74) is 1.42. The van der Waals surface area contributed by atoms with Gasteiger partial charge < -0.3 is 14.7 Å². The Kier molecular flexibility index (Phi) is 3.50. The topological polar surface area (TPSA) is 49.8 Å². The van der Waals surface area contributed by atoms with Gasteiger partial charge in [0.1, 0.15) is 16.0 Å². The van der Waals surface area contributed by atoms with E-state index >= 15 is 0 Å². The summed E-state index contributed by atoms with van der Waals surface area (Å²) in [7, 11) is 3.67. The highest BCUT2D eigenvalue weighted by Gasteiger charge is 2.39. The van der Waals surface area contributed by atoms with Crippen molar-refractivity contribution in [3.05, 3.63) is 21.7 Å². The second kappa shape index (κ2) is 5.04. The van der Waals surface area contributed by atoms with Crippen molar-refractivity contribution in [2.75, 3.05) is 27.2 Å². The highest BCUT2D eigenvalue weighted by atomic mass is 79.9. The molecule has 1 aromatic carbocycles. The number of benzene rings is 1. The summed E-state index contributed by atoms with van der Waals surface area (Å²) in [5, 5.41) is 10.3. The lowest BCUT2D eigenvalue weighted by Crippen LogP contribution is -2.40. The number of halogens is 1. The standard InChI is InChI=1S/C15H18BrNO3/c1-17-4-3-8-5-11(18)13-9(10(8)7-17)6-12(20-2)14(16)15(13)19/h6,8,10,19H,3-5,7H2,1-2H3. The van der Waals surface area contributed by atoms with E-state index in [0.717, 1.165) is 25.1 Å². The number of aromatic hydroxyl groups is 1. The minimum atomic E-state index is 0.0241. The second-order valence-electron chi connectivity index (χ2n) is 5.75. The van der Waals surface area contributed by atoms with Gasteiger partial charge in [-0.15, -0.1) is 0 Å². The number of hydrogen-bond acceptors (Lipinski definition) is 4. The van der Waals surface area contributed by atoms with Crippen LogP contribution in [-0.2, 0) is 0 Å². The molecule has 2 atom stereocenters. The van der Waals surface area contributed by atoms with Crippen molar-refractivity contribution in [2.24, 2.45) is 5.92 Å². The summed E-state index contributed by atoms with van der Waals surface area (Å²) in [6.07, 6.45) is 1.57. The largest absolute Gasteiger partial charge is 0.506 e. The molecule has 0 bridgehead atoms. The number of carbonyl (C=O) groups is 1. The fourth-order valence-electron chi connectivity index (χ4n) is 3.47. The number of hydrogen-bond donors (Lipinski definition) is 1. The van der Waals surface area contributed by atoms with E-state index in [0.29, 0.717) is 34.0 Å². The Labute approximate surface area is 126 Å². The fraction of sp³-hybridized carbons (Fsp3) is 0.533. The highest BCUT2D eigenvalue weighted by molar-refractivity contribution is 9.10. The molecule has 108 valence electrons. The van der Waals surface area contributed by atoms with Gasteiger partial charge in [-0.2, -0.15) is 0 Å². The number of likely N-dealkylation sites (tertiary alicyclic amines) is 1. The van der Waals surface area contributed by atoms with Crippen LogP contribution in [0.1, 0.15) is 34.7 Å². The molecule has 0 radical (unpaired) electrons. The molecule has 20 heavy (non-hydrogen) atoms. The van der Waals surface area contributed by atoms with E-state index in [1.165, 1.54) is 0 Å². The van der Waals surface area contributed by atoms with Gasteiger partial charge >= 0.3 is 0 Å². The smallest absolute Gasteiger partial charge is 0.167 e. The molecule has 0 spiro atoms. The molecule has 0 aromatic heterocycles. The Morgan fingerprint density at radius 2 is 2.25 bits per heavy atom. The summed E-state index contributed by atoms with van der Waals surface area (Å²) in [6.45, 7) is 1.96. The number of ether oxygens (including phenoxy) is 1. The SMILES string of the molecule is COc1cc2c(c(O)c1Br)C(=O)CC1CCN(C)CC21. The fourth-order valence-corrected chi connectivity index (χ4v) is 3.95. The molecular weight excluding hydrogens is 322 g/mol. The van der Waals surface area contributed by atoms with Crippen molar-refractivity contribution in [3.63, 3.8) is 0 Å². The predicted octanol–water partition coefficient (Wildman–Crippen LogP) is 2.79. The maximum absolute atomic E-state index is 12.4. The minimum Gasteiger partial charge on any atom is -0.506 e. The molecule has 1 saturated heterocycles. The number of phenols is 1. The average molecular weight is 340 g/mol. The van der Waals surface area contributed by atoms with E-state index in [1.807, 2.05) is 6.07 Å². The first kappa shape index (κ1) is 13.9. The Balaban J connectivity index is 2.16. The van der Waals surface area contributed by atoms with Gasteiger partial charge in [0.15, 0.2) is 5.78 Å². The summed E-state index contributed by atoms with van der Waals surface area (Å²) in [5.74, 6) is 1.34. The van der Waals surface area contributed by atoms with Gasteiger partial charge in [-0.05, 0) is 53.5 Å². The van der Waals surface area contributed by atoms with Gasteiger partial charge in [-0.1, -0.05) is 0 Å². The third-order valence-electron chi connectivity index (χ3n) is 4.54. The van der Waals surface area contributed by atoms with E-state index < -0.39 is 0 Å². The summed E-state index contributed by atoms with van der Waals surface area (Å²) < 4.78 is 5.77. The Bertz CT molecular complexity index is 573. The molecule has 1 aliphatic heterocycles. The van der Waals surface area contributed by atoms with Gasteiger partial charge in [-0.3, -0.25) is 4.79 Å². The molecule has 0 amide bonds. The van der Waals surface area contributed by atoms with Crippen LogP contribution in [-0.4, -0.2) is 43.0 Å². The number of rotatable bonds is 1. The Morgan fingerprint density at radius 1 is 1.50 bits per heavy atom. The van der Waals surface area contributed by atoms with Crippen molar-refractivity contribution in [1.82, 2.24) is 4.90 Å². The number of fused-ring (bicyclic) bond motifs is 3. The van der Waals surface area contributed by atoms with Crippen LogP contribution in [0.5, 0.6) is 11.5 Å². The van der Waals surface area contributed by atoms with Gasteiger partial charge in [0.2, 0.25) is 0 Å². The van der Waals surface area contributed by atoms with Crippen LogP contribution >= 0.6 is 15.9 Å². The Hall–Kier alpha value is -1.07. The third-order valence-corrected chi connectivity index (χ3v) is 5.31. The first-order chi connectivity index (χ1) is 9.52. The van der Waals surface area contributed by atoms with Gasteiger partial charge in [0.05, 0.1) is 12.7 Å². The molecule has 5 heteroatoms. The van der Waals surface area contributed by atoms with E-state index in [9.17, 15) is 9.90 Å². The maximum Gasteiger partial charge on any atom is 0.167 e. The lowest BCUT2D eigenvalue weighted by Gasteiger charge is -2.40. The van der Waals surface area contributed by atoms with Crippen LogP contribution in [0.25, 0.3) is 0 Å². The van der Waals surface area contributed by atoms with Gasteiger partial charge in [0, 0.05) is 18.9 Å². The first-order valence-corrected chi connectivity index (χ1v) is 7.63. The van der Waals surface area contributed by atoms with E-state index in [2.05, 4.69) is 27.9 Å². The average Bonchev–Trinajstić information content (AvgIpc) is 2.43. The molecular formula is C15H18BrNO3. The molecule has 4 nitrogen and oxygen atoms in total. The normalized spacial score (nSPS) is 26.1. The third kappa shape index (κ3) is 2.04. The van der Waals surface area contributed by atoms with Crippen LogP contribution in [0.15, 0.2) is 10.5 Å². The first-order valence-electron chi connectivity index (χ1n) is 6.84. The Morgan fingerprint density at radius 3 is 2.95 bits per heavy atom. The molecule has 1 aliphatic carbocycles. The van der Waals surface area contributed by atoms with E-state index in [4.69, 9.17) is 4.74 Å². The van der Waals surface area contributed by atoms with Gasteiger partial charge in [0.25, 0.3) is 0 Å².